The number of benzene rings is 2. The van der Waals surface area contributed by atoms with E-state index in [1.54, 1.807) is 0 Å². The van der Waals surface area contributed by atoms with Gasteiger partial charge in [0.15, 0.2) is 0 Å². The molecule has 1 heterocycles. The average Bonchev–Trinajstić information content (AvgIpc) is 2.83. The molecule has 4 heteroatoms. The Kier molecular flexibility index (Phi) is 4.06. The fourth-order valence-corrected chi connectivity index (χ4v) is 4.08. The Morgan fingerprint density at radius 1 is 1.26 bits per heavy atom. The quantitative estimate of drug-likeness (QED) is 0.791. The summed E-state index contributed by atoms with van der Waals surface area (Å²) in [5.74, 6) is 1.71. The highest BCUT2D eigenvalue weighted by molar-refractivity contribution is 9.10. The third-order valence-electron chi connectivity index (χ3n) is 3.27. The zero-order valence-corrected chi connectivity index (χ0v) is 13.4. The number of nitrogens with one attached hydrogen (secondary N) is 1. The molecule has 0 aromatic heterocycles. The fourth-order valence-electron chi connectivity index (χ4n) is 2.26. The minimum atomic E-state index is 0.562. The molecule has 19 heavy (non-hydrogen) atoms. The molecule has 98 valence electrons. The Morgan fingerprint density at radius 2 is 2.11 bits per heavy atom. The number of hydrogen-bond acceptors (Lipinski definition) is 2. The van der Waals surface area contributed by atoms with Crippen LogP contribution < -0.4 is 5.32 Å². The Labute approximate surface area is 130 Å². The SMILES string of the molecule is Clc1ccc(Br)c(NCC2CSc3ccccc32)c1. The van der Waals surface area contributed by atoms with Crippen LogP contribution in [0.2, 0.25) is 5.02 Å². The number of thioether (sulfide) groups is 1. The van der Waals surface area contributed by atoms with Crippen LogP contribution in [0, 0.1) is 0 Å². The lowest BCUT2D eigenvalue weighted by molar-refractivity contribution is 0.818. The van der Waals surface area contributed by atoms with E-state index in [9.17, 15) is 0 Å². The van der Waals surface area contributed by atoms with Crippen LogP contribution in [0.15, 0.2) is 51.8 Å². The van der Waals surface area contributed by atoms with Gasteiger partial charge in [-0.2, -0.15) is 0 Å². The lowest BCUT2D eigenvalue weighted by Crippen LogP contribution is -2.12. The van der Waals surface area contributed by atoms with E-state index in [0.717, 1.165) is 27.5 Å². The molecule has 1 aliphatic heterocycles. The molecule has 0 radical (unpaired) electrons. The van der Waals surface area contributed by atoms with E-state index in [0.29, 0.717) is 5.92 Å². The maximum Gasteiger partial charge on any atom is 0.0499 e. The van der Waals surface area contributed by atoms with Gasteiger partial charge < -0.3 is 5.32 Å². The van der Waals surface area contributed by atoms with Crippen LogP contribution in [0.25, 0.3) is 0 Å². The molecule has 0 aliphatic carbocycles. The minimum absolute atomic E-state index is 0.562. The van der Waals surface area contributed by atoms with Gasteiger partial charge in [0.05, 0.1) is 0 Å². The Bertz CT molecular complexity index is 602. The first-order chi connectivity index (χ1) is 9.24. The van der Waals surface area contributed by atoms with Gasteiger partial charge in [-0.1, -0.05) is 29.8 Å². The summed E-state index contributed by atoms with van der Waals surface area (Å²) in [5, 5.41) is 4.25. The van der Waals surface area contributed by atoms with E-state index in [2.05, 4.69) is 45.5 Å². The van der Waals surface area contributed by atoms with Gasteiger partial charge in [-0.25, -0.2) is 0 Å². The molecule has 1 N–H and O–H groups in total. The first-order valence-corrected chi connectivity index (χ1v) is 8.30. The molecule has 2 aromatic rings. The van der Waals surface area contributed by atoms with E-state index in [-0.39, 0.29) is 0 Å². The van der Waals surface area contributed by atoms with Gasteiger partial charge in [-0.15, -0.1) is 11.8 Å². The molecule has 0 spiro atoms. The summed E-state index contributed by atoms with van der Waals surface area (Å²) < 4.78 is 1.05. The number of rotatable bonds is 3. The molecule has 1 atom stereocenters. The average molecular weight is 355 g/mol. The van der Waals surface area contributed by atoms with Crippen molar-refractivity contribution in [3.05, 3.63) is 57.5 Å². The lowest BCUT2D eigenvalue weighted by Gasteiger charge is -2.14. The van der Waals surface area contributed by atoms with Gasteiger partial charge in [0.2, 0.25) is 0 Å². The monoisotopic (exact) mass is 353 g/mol. The van der Waals surface area contributed by atoms with Crippen molar-refractivity contribution < 1.29 is 0 Å². The molecular weight excluding hydrogens is 342 g/mol. The molecule has 1 unspecified atom stereocenters. The highest BCUT2D eigenvalue weighted by atomic mass is 79.9. The topological polar surface area (TPSA) is 12.0 Å². The zero-order chi connectivity index (χ0) is 13.2. The van der Waals surface area contributed by atoms with Gasteiger partial charge in [-0.05, 0) is 45.8 Å². The predicted octanol–water partition coefficient (Wildman–Crippen LogP) is 5.40. The highest BCUT2D eigenvalue weighted by Crippen LogP contribution is 2.39. The van der Waals surface area contributed by atoms with Crippen LogP contribution in [0.5, 0.6) is 0 Å². The van der Waals surface area contributed by atoms with Crippen molar-refractivity contribution >= 4 is 45.0 Å². The summed E-state index contributed by atoms with van der Waals surface area (Å²) in [6.07, 6.45) is 0. The minimum Gasteiger partial charge on any atom is -0.383 e. The lowest BCUT2D eigenvalue weighted by atomic mass is 10.0. The summed E-state index contributed by atoms with van der Waals surface area (Å²) in [7, 11) is 0. The molecule has 3 rings (SSSR count). The van der Waals surface area contributed by atoms with Crippen LogP contribution in [-0.4, -0.2) is 12.3 Å². The second-order valence-corrected chi connectivity index (χ2v) is 6.90. The second-order valence-electron chi connectivity index (χ2n) is 4.55. The second kappa shape index (κ2) is 5.78. The molecule has 1 aliphatic rings. The van der Waals surface area contributed by atoms with E-state index in [1.807, 2.05) is 30.0 Å². The van der Waals surface area contributed by atoms with Crippen LogP contribution in [-0.2, 0) is 0 Å². The van der Waals surface area contributed by atoms with Crippen molar-refractivity contribution in [2.75, 3.05) is 17.6 Å². The third-order valence-corrected chi connectivity index (χ3v) is 5.44. The van der Waals surface area contributed by atoms with Crippen molar-refractivity contribution in [1.82, 2.24) is 0 Å². The van der Waals surface area contributed by atoms with Crippen LogP contribution >= 0.6 is 39.3 Å². The number of anilines is 1. The smallest absolute Gasteiger partial charge is 0.0499 e. The van der Waals surface area contributed by atoms with E-state index in [4.69, 9.17) is 11.6 Å². The summed E-state index contributed by atoms with van der Waals surface area (Å²) in [4.78, 5) is 1.42. The third kappa shape index (κ3) is 2.93. The Hall–Kier alpha value is -0.640. The van der Waals surface area contributed by atoms with Crippen LogP contribution in [0.3, 0.4) is 0 Å². The van der Waals surface area contributed by atoms with Crippen molar-refractivity contribution in [2.45, 2.75) is 10.8 Å². The van der Waals surface area contributed by atoms with Crippen LogP contribution in [0.1, 0.15) is 11.5 Å². The molecule has 0 saturated carbocycles. The Balaban J connectivity index is 1.72. The largest absolute Gasteiger partial charge is 0.383 e. The fraction of sp³-hybridized carbons (Fsp3) is 0.200. The van der Waals surface area contributed by atoms with Crippen molar-refractivity contribution in [3.8, 4) is 0 Å². The molecule has 0 fully saturated rings. The zero-order valence-electron chi connectivity index (χ0n) is 10.2. The molecule has 0 amide bonds. The van der Waals surface area contributed by atoms with E-state index < -0.39 is 0 Å². The molecule has 2 aromatic carbocycles. The maximum atomic E-state index is 6.03. The molecule has 1 nitrogen and oxygen atoms in total. The van der Waals surface area contributed by atoms with Crippen molar-refractivity contribution in [2.24, 2.45) is 0 Å². The first kappa shape index (κ1) is 13.3. The van der Waals surface area contributed by atoms with Gasteiger partial charge in [-0.3, -0.25) is 0 Å². The van der Waals surface area contributed by atoms with E-state index in [1.165, 1.54) is 10.5 Å². The first-order valence-electron chi connectivity index (χ1n) is 6.14. The van der Waals surface area contributed by atoms with Gasteiger partial charge in [0.25, 0.3) is 0 Å². The normalized spacial score (nSPS) is 17.3. The van der Waals surface area contributed by atoms with Gasteiger partial charge in [0, 0.05) is 38.3 Å². The maximum absolute atomic E-state index is 6.03. The number of halogens is 2. The summed E-state index contributed by atoms with van der Waals surface area (Å²) in [6, 6.07) is 14.5. The van der Waals surface area contributed by atoms with Gasteiger partial charge in [0.1, 0.15) is 0 Å². The Morgan fingerprint density at radius 3 is 3.00 bits per heavy atom. The summed E-state index contributed by atoms with van der Waals surface area (Å²) >= 11 is 11.5. The number of hydrogen-bond donors (Lipinski definition) is 1. The molecule has 0 saturated heterocycles. The summed E-state index contributed by atoms with van der Waals surface area (Å²) in [6.45, 7) is 0.933. The predicted molar refractivity (Wildman–Crippen MR) is 87.5 cm³/mol. The van der Waals surface area contributed by atoms with E-state index >= 15 is 0 Å². The van der Waals surface area contributed by atoms with Crippen molar-refractivity contribution in [3.63, 3.8) is 0 Å². The highest BCUT2D eigenvalue weighted by Gasteiger charge is 2.22. The van der Waals surface area contributed by atoms with Crippen LogP contribution in [0.4, 0.5) is 5.69 Å². The standard InChI is InChI=1S/C15H13BrClNS/c16-13-6-5-11(17)7-14(13)18-8-10-9-19-15-4-2-1-3-12(10)15/h1-7,10,18H,8-9H2. The van der Waals surface area contributed by atoms with Gasteiger partial charge >= 0.3 is 0 Å². The van der Waals surface area contributed by atoms with Crippen molar-refractivity contribution in [1.29, 1.82) is 0 Å². The number of fused-ring (bicyclic) bond motifs is 1. The summed E-state index contributed by atoms with van der Waals surface area (Å²) in [5.41, 5.74) is 2.51. The molecule has 0 bridgehead atoms. The molecular formula is C15H13BrClNS.